The van der Waals surface area contributed by atoms with Gasteiger partial charge in [0.15, 0.2) is 17.3 Å². The van der Waals surface area contributed by atoms with Crippen molar-refractivity contribution in [3.05, 3.63) is 35.4 Å². The van der Waals surface area contributed by atoms with Crippen molar-refractivity contribution >= 4 is 11.6 Å². The number of hydrogen-bond acceptors (Lipinski definition) is 5. The van der Waals surface area contributed by atoms with Crippen molar-refractivity contribution < 1.29 is 9.47 Å². The number of nitriles is 1. The van der Waals surface area contributed by atoms with Crippen molar-refractivity contribution in [3.63, 3.8) is 0 Å². The van der Waals surface area contributed by atoms with Crippen LogP contribution < -0.4 is 9.47 Å². The van der Waals surface area contributed by atoms with Crippen LogP contribution in [0.2, 0.25) is 0 Å². The van der Waals surface area contributed by atoms with Crippen LogP contribution in [0.3, 0.4) is 0 Å². The monoisotopic (exact) mass is 322 g/mol. The maximum Gasteiger partial charge on any atom is 0.174 e. The summed E-state index contributed by atoms with van der Waals surface area (Å²) < 4.78 is 13.2. The molecule has 0 N–H and O–H groups in total. The van der Waals surface area contributed by atoms with Crippen molar-refractivity contribution in [2.24, 2.45) is 0 Å². The molecule has 0 radical (unpaired) electrons. The van der Waals surface area contributed by atoms with Crippen LogP contribution in [0.5, 0.6) is 11.5 Å². The Kier molecular flexibility index (Phi) is 3.91. The van der Waals surface area contributed by atoms with Gasteiger partial charge in [0.2, 0.25) is 0 Å². The van der Waals surface area contributed by atoms with E-state index in [9.17, 15) is 5.26 Å². The number of allylic oxidation sites excluding steroid dienone is 1. The normalized spacial score (nSPS) is 16.9. The van der Waals surface area contributed by atoms with Crippen LogP contribution in [0.1, 0.15) is 36.5 Å². The van der Waals surface area contributed by atoms with E-state index in [4.69, 9.17) is 9.47 Å². The third kappa shape index (κ3) is 2.73. The van der Waals surface area contributed by atoms with Gasteiger partial charge in [0.25, 0.3) is 0 Å². The number of ether oxygens (including phenoxy) is 2. The molecule has 1 aromatic carbocycles. The number of aromatic nitrogens is 3. The lowest BCUT2D eigenvalue weighted by molar-refractivity contribution is 0.171. The SMILES string of the molecule is N#C/C(=C\c1ccc2c(c1)OCCO2)c1nnc2n1CCCCC2. The molecule has 2 aliphatic rings. The average molecular weight is 322 g/mol. The predicted molar refractivity (Wildman–Crippen MR) is 88.5 cm³/mol. The predicted octanol–water partition coefficient (Wildman–Crippen LogP) is 2.84. The van der Waals surface area contributed by atoms with E-state index in [1.54, 1.807) is 0 Å². The largest absolute Gasteiger partial charge is 0.486 e. The molecule has 0 saturated carbocycles. The van der Waals surface area contributed by atoms with Gasteiger partial charge in [0.1, 0.15) is 25.1 Å². The highest BCUT2D eigenvalue weighted by Gasteiger charge is 2.18. The van der Waals surface area contributed by atoms with Crippen LogP contribution in [0.15, 0.2) is 18.2 Å². The van der Waals surface area contributed by atoms with E-state index in [2.05, 4.69) is 20.8 Å². The van der Waals surface area contributed by atoms with Crippen LogP contribution >= 0.6 is 0 Å². The molecular weight excluding hydrogens is 304 g/mol. The Morgan fingerprint density at radius 3 is 2.88 bits per heavy atom. The molecule has 24 heavy (non-hydrogen) atoms. The van der Waals surface area contributed by atoms with E-state index in [-0.39, 0.29) is 0 Å². The molecule has 0 amide bonds. The highest BCUT2D eigenvalue weighted by atomic mass is 16.6. The Morgan fingerprint density at radius 2 is 2.00 bits per heavy atom. The minimum absolute atomic E-state index is 0.521. The summed E-state index contributed by atoms with van der Waals surface area (Å²) in [6.07, 6.45) is 6.18. The number of benzene rings is 1. The molecule has 2 aromatic rings. The van der Waals surface area contributed by atoms with Gasteiger partial charge in [0.05, 0.1) is 5.57 Å². The quantitative estimate of drug-likeness (QED) is 0.795. The molecule has 0 atom stereocenters. The third-order valence-electron chi connectivity index (χ3n) is 4.35. The van der Waals surface area contributed by atoms with E-state index in [1.165, 1.54) is 6.42 Å². The van der Waals surface area contributed by atoms with Gasteiger partial charge >= 0.3 is 0 Å². The van der Waals surface area contributed by atoms with Crippen LogP contribution in [0, 0.1) is 11.3 Å². The van der Waals surface area contributed by atoms with Crippen molar-refractivity contribution in [2.75, 3.05) is 13.2 Å². The summed E-state index contributed by atoms with van der Waals surface area (Å²) in [6.45, 7) is 1.98. The standard InChI is InChI=1S/C18H18N4O2/c19-12-14(18-21-20-17-4-2-1-3-7-22(17)18)10-13-5-6-15-16(11-13)24-9-8-23-15/h5-6,10-11H,1-4,7-9H2/b14-10+. The molecule has 6 nitrogen and oxygen atoms in total. The minimum atomic E-state index is 0.521. The van der Waals surface area contributed by atoms with Gasteiger partial charge in [-0.15, -0.1) is 10.2 Å². The molecule has 1 aromatic heterocycles. The van der Waals surface area contributed by atoms with Crippen LogP contribution in [-0.2, 0) is 13.0 Å². The van der Waals surface area contributed by atoms with Gasteiger partial charge in [-0.05, 0) is 36.6 Å². The lowest BCUT2D eigenvalue weighted by atomic mass is 10.1. The lowest BCUT2D eigenvalue weighted by Gasteiger charge is -2.18. The molecule has 122 valence electrons. The molecule has 6 heteroatoms. The molecule has 0 saturated heterocycles. The fourth-order valence-corrected chi connectivity index (χ4v) is 3.15. The molecule has 0 fully saturated rings. The van der Waals surface area contributed by atoms with E-state index in [0.29, 0.717) is 30.4 Å². The Morgan fingerprint density at radius 1 is 1.12 bits per heavy atom. The van der Waals surface area contributed by atoms with Crippen LogP contribution in [0.4, 0.5) is 0 Å². The highest BCUT2D eigenvalue weighted by Crippen LogP contribution is 2.32. The smallest absolute Gasteiger partial charge is 0.174 e. The van der Waals surface area contributed by atoms with Crippen LogP contribution in [0.25, 0.3) is 11.6 Å². The summed E-state index contributed by atoms with van der Waals surface area (Å²) >= 11 is 0. The fraction of sp³-hybridized carbons (Fsp3) is 0.389. The van der Waals surface area contributed by atoms with E-state index >= 15 is 0 Å². The number of fused-ring (bicyclic) bond motifs is 2. The second kappa shape index (κ2) is 6.36. The third-order valence-corrected chi connectivity index (χ3v) is 4.35. The van der Waals surface area contributed by atoms with Gasteiger partial charge in [-0.25, -0.2) is 0 Å². The molecule has 0 bridgehead atoms. The minimum Gasteiger partial charge on any atom is -0.486 e. The topological polar surface area (TPSA) is 73.0 Å². The van der Waals surface area contributed by atoms with Gasteiger partial charge < -0.3 is 14.0 Å². The van der Waals surface area contributed by atoms with E-state index in [0.717, 1.165) is 42.9 Å². The number of aryl methyl sites for hydroxylation is 1. The molecule has 0 spiro atoms. The molecule has 3 heterocycles. The van der Waals surface area contributed by atoms with Crippen molar-refractivity contribution in [1.29, 1.82) is 5.26 Å². The Balaban J connectivity index is 1.70. The first-order valence-electron chi connectivity index (χ1n) is 8.29. The van der Waals surface area contributed by atoms with Gasteiger partial charge in [-0.1, -0.05) is 12.5 Å². The van der Waals surface area contributed by atoms with Gasteiger partial charge in [0, 0.05) is 13.0 Å². The molecule has 0 aliphatic carbocycles. The maximum absolute atomic E-state index is 9.61. The summed E-state index contributed by atoms with van der Waals surface area (Å²) in [5, 5.41) is 18.1. The van der Waals surface area contributed by atoms with Crippen molar-refractivity contribution in [2.45, 2.75) is 32.2 Å². The summed E-state index contributed by atoms with van der Waals surface area (Å²) in [7, 11) is 0. The molecule has 0 unspecified atom stereocenters. The zero-order chi connectivity index (χ0) is 16.4. The second-order valence-corrected chi connectivity index (χ2v) is 5.98. The number of hydrogen-bond donors (Lipinski definition) is 0. The molecule has 2 aliphatic heterocycles. The van der Waals surface area contributed by atoms with E-state index in [1.807, 2.05) is 24.3 Å². The Hall–Kier alpha value is -2.81. The summed E-state index contributed by atoms with van der Waals surface area (Å²) in [5.41, 5.74) is 1.41. The molecule has 4 rings (SSSR count). The zero-order valence-electron chi connectivity index (χ0n) is 13.4. The lowest BCUT2D eigenvalue weighted by Crippen LogP contribution is -2.15. The molecular formula is C18H18N4O2. The first kappa shape index (κ1) is 14.8. The van der Waals surface area contributed by atoms with Gasteiger partial charge in [-0.3, -0.25) is 0 Å². The Labute approximate surface area is 140 Å². The van der Waals surface area contributed by atoms with Crippen molar-refractivity contribution in [3.8, 4) is 17.6 Å². The maximum atomic E-state index is 9.61. The number of rotatable bonds is 2. The highest BCUT2D eigenvalue weighted by molar-refractivity contribution is 5.87. The average Bonchev–Trinajstić information content (AvgIpc) is 2.87. The number of nitrogens with zero attached hydrogens (tertiary/aromatic N) is 4. The first-order chi connectivity index (χ1) is 11.8. The fourth-order valence-electron chi connectivity index (χ4n) is 3.15. The summed E-state index contributed by atoms with van der Waals surface area (Å²) in [6, 6.07) is 7.96. The van der Waals surface area contributed by atoms with Crippen molar-refractivity contribution in [1.82, 2.24) is 14.8 Å². The second-order valence-electron chi connectivity index (χ2n) is 5.98. The van der Waals surface area contributed by atoms with E-state index < -0.39 is 0 Å². The summed E-state index contributed by atoms with van der Waals surface area (Å²) in [4.78, 5) is 0. The zero-order valence-corrected chi connectivity index (χ0v) is 13.4. The summed E-state index contributed by atoms with van der Waals surface area (Å²) in [5.74, 6) is 3.09. The van der Waals surface area contributed by atoms with Gasteiger partial charge in [-0.2, -0.15) is 5.26 Å². The Bertz CT molecular complexity index is 832. The first-order valence-corrected chi connectivity index (χ1v) is 8.29. The van der Waals surface area contributed by atoms with Crippen LogP contribution in [-0.4, -0.2) is 28.0 Å².